The molecule has 0 aliphatic heterocycles. The molecule has 26 heavy (non-hydrogen) atoms. The molecule has 0 bridgehead atoms. The molecule has 0 radical (unpaired) electrons. The Kier molecular flexibility index (Phi) is 7.40. The number of carbonyl (C=O) groups is 3. The van der Waals surface area contributed by atoms with Crippen molar-refractivity contribution in [2.24, 2.45) is 11.7 Å². The van der Waals surface area contributed by atoms with Gasteiger partial charge >= 0.3 is 0 Å². The fourth-order valence-corrected chi connectivity index (χ4v) is 3.75. The number of hydrogen-bond donors (Lipinski definition) is 4. The molecule has 3 amide bonds. The van der Waals surface area contributed by atoms with Crippen molar-refractivity contribution in [3.8, 4) is 0 Å². The first-order valence-corrected chi connectivity index (χ1v) is 9.54. The molecular formula is C18H32N4O4. The molecule has 2 aliphatic carbocycles. The molecule has 2 atom stereocenters. The summed E-state index contributed by atoms with van der Waals surface area (Å²) in [7, 11) is 1.84. The van der Waals surface area contributed by atoms with Crippen LogP contribution in [0.3, 0.4) is 0 Å². The Hall–Kier alpha value is -1.67. The minimum Gasteiger partial charge on any atom is -0.394 e. The van der Waals surface area contributed by atoms with Crippen molar-refractivity contribution in [2.75, 3.05) is 13.7 Å². The van der Waals surface area contributed by atoms with Crippen LogP contribution in [0.15, 0.2) is 0 Å². The molecule has 148 valence electrons. The van der Waals surface area contributed by atoms with Crippen molar-refractivity contribution in [2.45, 2.75) is 76.0 Å². The van der Waals surface area contributed by atoms with Gasteiger partial charge in [0.2, 0.25) is 17.7 Å². The zero-order chi connectivity index (χ0) is 19.3. The summed E-state index contributed by atoms with van der Waals surface area (Å²) in [6, 6.07) is -1.09. The summed E-state index contributed by atoms with van der Waals surface area (Å²) in [6.45, 7) is 0.869. The topological polar surface area (TPSA) is 125 Å². The molecule has 2 rings (SSSR count). The number of hydrogen-bond acceptors (Lipinski definition) is 5. The lowest BCUT2D eigenvalue weighted by molar-refractivity contribution is -0.136. The second kappa shape index (κ2) is 9.32. The average molecular weight is 368 g/mol. The van der Waals surface area contributed by atoms with E-state index in [9.17, 15) is 19.5 Å². The highest BCUT2D eigenvalue weighted by molar-refractivity contribution is 5.87. The summed E-state index contributed by atoms with van der Waals surface area (Å²) in [6.07, 6.45) is 6.34. The molecule has 0 heterocycles. The molecule has 0 aromatic heterocycles. The van der Waals surface area contributed by atoms with Crippen molar-refractivity contribution in [1.82, 2.24) is 15.5 Å². The summed E-state index contributed by atoms with van der Waals surface area (Å²) in [4.78, 5) is 37.5. The lowest BCUT2D eigenvalue weighted by atomic mass is 9.80. The number of aliphatic hydroxyl groups is 1. The number of likely N-dealkylation sites (N-methyl/N-ethyl adjacent to an activating group) is 1. The predicted octanol–water partition coefficient (Wildman–Crippen LogP) is -0.503. The molecule has 5 N–H and O–H groups in total. The number of nitrogens with zero attached hydrogens (tertiary/aromatic N) is 1. The number of aliphatic hydroxyl groups excluding tert-OH is 1. The molecule has 0 unspecified atom stereocenters. The van der Waals surface area contributed by atoms with Crippen molar-refractivity contribution in [1.29, 1.82) is 0 Å². The molecule has 0 aromatic carbocycles. The average Bonchev–Trinajstić information content (AvgIpc) is 2.57. The third-order valence-electron chi connectivity index (χ3n) is 5.76. The molecule has 8 heteroatoms. The third-order valence-corrected chi connectivity index (χ3v) is 5.76. The van der Waals surface area contributed by atoms with E-state index in [0.717, 1.165) is 38.5 Å². The number of nitrogens with two attached hydrogens (primary N) is 1. The van der Waals surface area contributed by atoms with Crippen LogP contribution in [-0.4, -0.2) is 65.5 Å². The monoisotopic (exact) mass is 368 g/mol. The van der Waals surface area contributed by atoms with E-state index < -0.39 is 18.7 Å². The van der Waals surface area contributed by atoms with Gasteiger partial charge in [-0.2, -0.15) is 0 Å². The fraction of sp³-hybridized carbons (Fsp3) is 0.833. The molecule has 0 saturated heterocycles. The second-order valence-electron chi connectivity index (χ2n) is 7.62. The lowest BCUT2D eigenvalue weighted by Gasteiger charge is -2.39. The van der Waals surface area contributed by atoms with Gasteiger partial charge in [0.25, 0.3) is 0 Å². The standard InChI is InChI=1S/C18H32N4O4/c1-11(24)20-15(10-23)17(25)21-13-8-6-12(7-9-13)16(19)18(26)22(2)14-4-3-5-14/h12-16,23H,3-10,19H2,1-2H3,(H,20,24)(H,21,25)/t12?,13?,15-,16+/m1/s1. The van der Waals surface area contributed by atoms with E-state index in [0.29, 0.717) is 6.04 Å². The maximum absolute atomic E-state index is 12.5. The van der Waals surface area contributed by atoms with E-state index in [1.807, 2.05) is 7.05 Å². The zero-order valence-corrected chi connectivity index (χ0v) is 15.7. The summed E-state index contributed by atoms with van der Waals surface area (Å²) in [5.41, 5.74) is 6.22. The van der Waals surface area contributed by atoms with Crippen molar-refractivity contribution in [3.05, 3.63) is 0 Å². The van der Waals surface area contributed by atoms with Gasteiger partial charge in [0, 0.05) is 26.1 Å². The Morgan fingerprint density at radius 3 is 2.23 bits per heavy atom. The van der Waals surface area contributed by atoms with Gasteiger partial charge in [-0.15, -0.1) is 0 Å². The van der Waals surface area contributed by atoms with Crippen LogP contribution in [0.5, 0.6) is 0 Å². The van der Waals surface area contributed by atoms with Gasteiger partial charge in [0.15, 0.2) is 0 Å². The molecule has 2 fully saturated rings. The van der Waals surface area contributed by atoms with E-state index in [1.165, 1.54) is 13.3 Å². The van der Waals surface area contributed by atoms with Crippen molar-refractivity contribution >= 4 is 17.7 Å². The van der Waals surface area contributed by atoms with Gasteiger partial charge in [-0.1, -0.05) is 0 Å². The largest absolute Gasteiger partial charge is 0.394 e. The smallest absolute Gasteiger partial charge is 0.245 e. The van der Waals surface area contributed by atoms with Crippen LogP contribution in [0, 0.1) is 5.92 Å². The van der Waals surface area contributed by atoms with Gasteiger partial charge in [-0.05, 0) is 50.9 Å². The SMILES string of the molecule is CC(=O)N[C@H](CO)C(=O)NC1CCC([C@H](N)C(=O)N(C)C2CCC2)CC1. The minimum atomic E-state index is -0.926. The first-order chi connectivity index (χ1) is 12.3. The van der Waals surface area contributed by atoms with Gasteiger partial charge < -0.3 is 26.4 Å². The van der Waals surface area contributed by atoms with E-state index in [-0.39, 0.29) is 29.7 Å². The van der Waals surface area contributed by atoms with Crippen LogP contribution in [0.4, 0.5) is 0 Å². The maximum Gasteiger partial charge on any atom is 0.245 e. The van der Waals surface area contributed by atoms with Crippen LogP contribution in [0.25, 0.3) is 0 Å². The Balaban J connectivity index is 1.78. The molecule has 0 spiro atoms. The Labute approximate surface area is 154 Å². The number of nitrogens with one attached hydrogen (secondary N) is 2. The molecular weight excluding hydrogens is 336 g/mol. The van der Waals surface area contributed by atoms with Crippen LogP contribution < -0.4 is 16.4 Å². The molecule has 2 saturated carbocycles. The number of carbonyl (C=O) groups excluding carboxylic acids is 3. The van der Waals surface area contributed by atoms with Crippen LogP contribution in [-0.2, 0) is 14.4 Å². The van der Waals surface area contributed by atoms with Crippen LogP contribution in [0.2, 0.25) is 0 Å². The maximum atomic E-state index is 12.5. The lowest BCUT2D eigenvalue weighted by Crippen LogP contribution is -2.54. The number of rotatable bonds is 7. The highest BCUT2D eigenvalue weighted by atomic mass is 16.3. The highest BCUT2D eigenvalue weighted by Crippen LogP contribution is 2.29. The van der Waals surface area contributed by atoms with Crippen molar-refractivity contribution < 1.29 is 19.5 Å². The molecule has 8 nitrogen and oxygen atoms in total. The van der Waals surface area contributed by atoms with Crippen LogP contribution >= 0.6 is 0 Å². The second-order valence-corrected chi connectivity index (χ2v) is 7.62. The van der Waals surface area contributed by atoms with Gasteiger partial charge in [0.1, 0.15) is 6.04 Å². The first kappa shape index (κ1) is 20.6. The number of amides is 3. The third kappa shape index (κ3) is 5.17. The van der Waals surface area contributed by atoms with E-state index >= 15 is 0 Å². The van der Waals surface area contributed by atoms with Gasteiger partial charge in [-0.25, -0.2) is 0 Å². The quantitative estimate of drug-likeness (QED) is 0.482. The van der Waals surface area contributed by atoms with E-state index in [2.05, 4.69) is 10.6 Å². The molecule has 2 aliphatic rings. The van der Waals surface area contributed by atoms with Crippen molar-refractivity contribution in [3.63, 3.8) is 0 Å². The summed E-state index contributed by atoms with van der Waals surface area (Å²) >= 11 is 0. The highest BCUT2D eigenvalue weighted by Gasteiger charge is 2.35. The normalized spacial score (nSPS) is 25.5. The van der Waals surface area contributed by atoms with E-state index in [1.54, 1.807) is 4.90 Å². The molecule has 0 aromatic rings. The zero-order valence-electron chi connectivity index (χ0n) is 15.7. The Bertz CT molecular complexity index is 515. The van der Waals surface area contributed by atoms with Gasteiger partial charge in [-0.3, -0.25) is 14.4 Å². The summed E-state index contributed by atoms with van der Waals surface area (Å²) in [5.74, 6) is -0.588. The summed E-state index contributed by atoms with van der Waals surface area (Å²) < 4.78 is 0. The fourth-order valence-electron chi connectivity index (χ4n) is 3.75. The van der Waals surface area contributed by atoms with Crippen LogP contribution in [0.1, 0.15) is 51.9 Å². The first-order valence-electron chi connectivity index (χ1n) is 9.54. The summed E-state index contributed by atoms with van der Waals surface area (Å²) in [5, 5.41) is 14.5. The Morgan fingerprint density at radius 2 is 1.77 bits per heavy atom. The van der Waals surface area contributed by atoms with E-state index in [4.69, 9.17) is 5.73 Å². The van der Waals surface area contributed by atoms with Gasteiger partial charge in [0.05, 0.1) is 12.6 Å². The minimum absolute atomic E-state index is 0.0202. The Morgan fingerprint density at radius 1 is 1.15 bits per heavy atom. The predicted molar refractivity (Wildman–Crippen MR) is 97.0 cm³/mol.